The normalized spacial score (nSPS) is 1.50. The van der Waals surface area contributed by atoms with Gasteiger partial charge in [0, 0.05) is 0 Å². The van der Waals surface area contributed by atoms with Gasteiger partial charge in [0.15, 0.2) is 0 Å². The molecule has 0 heterocycles. The van der Waals surface area contributed by atoms with E-state index in [2.05, 4.69) is 50.3 Å². The minimum atomic E-state index is 0. The van der Waals surface area contributed by atoms with Crippen molar-refractivity contribution < 1.29 is 0 Å². The Labute approximate surface area is 140 Å². The van der Waals surface area contributed by atoms with Crippen LogP contribution in [0.3, 0.4) is 0 Å². The summed E-state index contributed by atoms with van der Waals surface area (Å²) in [6, 6.07) is 0. The van der Waals surface area contributed by atoms with Gasteiger partial charge in [0.1, 0.15) is 0 Å². The molecule has 0 saturated heterocycles. The molecule has 0 atom stereocenters. The van der Waals surface area contributed by atoms with Crippen molar-refractivity contribution in [1.29, 1.82) is 50.3 Å². The van der Waals surface area contributed by atoms with E-state index in [1.807, 2.05) is 0 Å². The molecule has 156 valence electrons. The summed E-state index contributed by atoms with van der Waals surface area (Å²) in [6.07, 6.45) is 0. The molecule has 18 nitrogen and oxygen atoms in total. The molecule has 0 aliphatic carbocycles. The fourth-order valence-electron chi connectivity index (χ4n) is 0. The van der Waals surface area contributed by atoms with E-state index in [0.717, 1.165) is 0 Å². The highest BCUT2D eigenvalue weighted by Crippen LogP contribution is 0.782. The van der Waals surface area contributed by atoms with E-state index >= 15 is 0 Å². The molecule has 0 rings (SSSR count). The average molecular weight is 375 g/mol. The Morgan fingerprint density at radius 3 is 0.167 bits per heavy atom. The second-order valence-electron chi connectivity index (χ2n) is 0. The highest BCUT2D eigenvalue weighted by atomic mass is 16.2. The quantitative estimate of drug-likeness (QED) is 0.200. The smallest absolute Gasteiger partial charge is 0.0776 e. The molecule has 0 spiro atoms. The highest BCUT2D eigenvalue weighted by Gasteiger charge is 0.605. The van der Waals surface area contributed by atoms with E-state index < -0.39 is 0 Å². The van der Waals surface area contributed by atoms with Crippen LogP contribution in [0.4, 0.5) is 0 Å². The second kappa shape index (κ2) is 507. The molecule has 0 saturated carbocycles. The molecule has 0 aromatic heterocycles. The SMILES string of the molecule is C.C.C.C.C.C.N=O.N=O.N=O.N=O.N=O.N=O.N=O.N=O.N=O. The molecule has 0 fully saturated rings. The van der Waals surface area contributed by atoms with Crippen LogP contribution in [0.25, 0.3) is 0 Å². The van der Waals surface area contributed by atoms with Crippen LogP contribution in [-0.4, -0.2) is 0 Å². The van der Waals surface area contributed by atoms with E-state index in [1.165, 1.54) is 0 Å². The number of hydrogen-bond donors (Lipinski definition) is 9. The standard InChI is InChI=1S/6CH4.9HNO/c;;;;;;9*1-2/h6*1H4;9*1H. The summed E-state index contributed by atoms with van der Waals surface area (Å²) in [5, 5.41) is 0. The Kier molecular flexibility index (Phi) is 5560. The van der Waals surface area contributed by atoms with Gasteiger partial charge in [-0.1, -0.05) is 94.9 Å². The molecule has 0 aliphatic heterocycles. The summed E-state index contributed by atoms with van der Waals surface area (Å²) >= 11 is 0. The lowest BCUT2D eigenvalue weighted by atomic mass is 12.0. The Balaban J connectivity index is -0.00000000283. The van der Waals surface area contributed by atoms with Crippen LogP contribution in [0.15, 0.2) is 0 Å². The minimum absolute atomic E-state index is 0. The van der Waals surface area contributed by atoms with Gasteiger partial charge >= 0.3 is 0 Å². The zero-order chi connectivity index (χ0) is 18.0. The molecule has 0 unspecified atom stereocenters. The Bertz CT molecular complexity index is 66.0. The van der Waals surface area contributed by atoms with Crippen molar-refractivity contribution in [3.63, 3.8) is 0 Å². The summed E-state index contributed by atoms with van der Waals surface area (Å²) in [4.78, 5) is 67.5. The van der Waals surface area contributed by atoms with E-state index in [9.17, 15) is 0 Å². The highest BCUT2D eigenvalue weighted by molar-refractivity contribution is 3.65. The van der Waals surface area contributed by atoms with E-state index in [0.29, 0.717) is 0 Å². The summed E-state index contributed by atoms with van der Waals surface area (Å²) in [6.45, 7) is 0. The fourth-order valence-corrected chi connectivity index (χ4v) is 0. The van der Waals surface area contributed by atoms with Crippen LogP contribution >= 0.6 is 0 Å². The van der Waals surface area contributed by atoms with Crippen LogP contribution in [0.1, 0.15) is 44.6 Å². The summed E-state index contributed by atoms with van der Waals surface area (Å²) in [7, 11) is 0. The predicted molar refractivity (Wildman–Crippen MR) is 95.2 cm³/mol. The Morgan fingerprint density at radius 2 is 0.167 bits per heavy atom. The van der Waals surface area contributed by atoms with Gasteiger partial charge in [-0.2, -0.15) is 44.2 Å². The van der Waals surface area contributed by atoms with Gasteiger partial charge in [-0.05, 0) is 0 Å². The van der Waals surface area contributed by atoms with Gasteiger partial charge in [-0.3, -0.25) is 0 Å². The number of hydrogen-bond acceptors (Lipinski definition) is 18. The van der Waals surface area contributed by atoms with Crippen molar-refractivity contribution in [3.05, 3.63) is 44.2 Å². The molecule has 0 amide bonds. The van der Waals surface area contributed by atoms with Crippen molar-refractivity contribution in [1.82, 2.24) is 0 Å². The van der Waals surface area contributed by atoms with Crippen LogP contribution in [0.2, 0.25) is 0 Å². The largest absolute Gasteiger partial charge is 0.154 e. The second-order valence-corrected chi connectivity index (χ2v) is 0. The van der Waals surface area contributed by atoms with Crippen LogP contribution in [0, 0.1) is 94.5 Å². The first-order valence-electron chi connectivity index (χ1n) is 1.84. The third kappa shape index (κ3) is 430. The van der Waals surface area contributed by atoms with Crippen LogP contribution < -0.4 is 0 Å². The number of nitroso groups, excluding NO2 is 9. The van der Waals surface area contributed by atoms with E-state index in [4.69, 9.17) is 44.2 Å². The van der Waals surface area contributed by atoms with Gasteiger partial charge in [-0.25, -0.2) is 0 Å². The van der Waals surface area contributed by atoms with Crippen molar-refractivity contribution in [2.75, 3.05) is 0 Å². The zero-order valence-electron chi connectivity index (χ0n) is 8.17. The molecule has 0 radical (unpaired) electrons. The molecule has 0 aliphatic rings. The lowest BCUT2D eigenvalue weighted by molar-refractivity contribution is 1.49. The fraction of sp³-hybridized carbons (Fsp3) is 1.00. The van der Waals surface area contributed by atoms with Crippen LogP contribution in [0.5, 0.6) is 0 Å². The Hall–Kier alpha value is -3.60. The summed E-state index contributed by atoms with van der Waals surface area (Å²) in [5.74, 6) is 0. The minimum Gasteiger partial charge on any atom is -0.154 e. The van der Waals surface area contributed by atoms with E-state index in [1.54, 1.807) is 0 Å². The summed E-state index contributed by atoms with van der Waals surface area (Å²) < 4.78 is 0. The first-order valence-corrected chi connectivity index (χ1v) is 1.84. The maximum absolute atomic E-state index is 7.50. The van der Waals surface area contributed by atoms with Crippen molar-refractivity contribution in [2.45, 2.75) is 44.6 Å². The lowest BCUT2D eigenvalue weighted by Crippen LogP contribution is -0.649. The molecule has 18 heteroatoms. The monoisotopic (exact) mass is 375 g/mol. The predicted octanol–water partition coefficient (Wildman–Crippen LogP) is 6.80. The Morgan fingerprint density at radius 1 is 0.167 bits per heavy atom. The first kappa shape index (κ1) is 263. The average Bonchev–Trinajstić information content (AvgIpc) is 2.63. The maximum Gasteiger partial charge on any atom is -0.0776 e. The molecule has 9 N–H and O–H groups in total. The first-order chi connectivity index (χ1) is 9.00. The van der Waals surface area contributed by atoms with Gasteiger partial charge < -0.3 is 0 Å². The third-order valence-corrected chi connectivity index (χ3v) is 0. The molecule has 0 bridgehead atoms. The number of rotatable bonds is 0. The molecule has 0 aromatic rings. The van der Waals surface area contributed by atoms with Gasteiger partial charge in [0.25, 0.3) is 0 Å². The maximum atomic E-state index is 7.50. The molecule has 24 heavy (non-hydrogen) atoms. The van der Waals surface area contributed by atoms with Gasteiger partial charge in [0.05, 0.1) is 0 Å². The topological polar surface area (TPSA) is 368 Å². The van der Waals surface area contributed by atoms with Gasteiger partial charge in [0.2, 0.25) is 0 Å². The van der Waals surface area contributed by atoms with Crippen molar-refractivity contribution >= 4 is 0 Å². The van der Waals surface area contributed by atoms with Crippen LogP contribution in [-0.2, 0) is 0 Å². The number of nitrogens with one attached hydrogen (secondary N) is 9. The summed E-state index contributed by atoms with van der Waals surface area (Å²) in [5.41, 5.74) is 40.5. The zero-order valence-corrected chi connectivity index (χ0v) is 8.17. The van der Waals surface area contributed by atoms with Crippen molar-refractivity contribution in [3.8, 4) is 0 Å². The molecule has 0 aromatic carbocycles. The van der Waals surface area contributed by atoms with Gasteiger partial charge in [-0.15, -0.1) is 0 Å². The lowest BCUT2D eigenvalue weighted by Gasteiger charge is -0.827. The molecular weight excluding hydrogens is 342 g/mol. The van der Waals surface area contributed by atoms with Crippen molar-refractivity contribution in [2.24, 2.45) is 0 Å². The van der Waals surface area contributed by atoms with E-state index in [-0.39, 0.29) is 44.6 Å². The molecular formula is C6H33N9O9. The third-order valence-electron chi connectivity index (χ3n) is 0.